The maximum absolute atomic E-state index is 10.0. The molecule has 0 unspecified atom stereocenters. The first-order valence-corrected chi connectivity index (χ1v) is 9.44. The van der Waals surface area contributed by atoms with E-state index in [1.165, 1.54) is 6.42 Å². The Balaban J connectivity index is 1.61. The van der Waals surface area contributed by atoms with E-state index >= 15 is 0 Å². The molecule has 4 bridgehead atoms. The van der Waals surface area contributed by atoms with Gasteiger partial charge in [0, 0.05) is 0 Å². The minimum absolute atomic E-state index is 0.0166. The summed E-state index contributed by atoms with van der Waals surface area (Å²) >= 11 is 0. The largest absolute Gasteiger partial charge is 0.504 e. The van der Waals surface area contributed by atoms with Gasteiger partial charge < -0.3 is 20.4 Å². The zero-order valence-electron chi connectivity index (χ0n) is 14.7. The lowest BCUT2D eigenvalue weighted by atomic mass is 9.41. The summed E-state index contributed by atoms with van der Waals surface area (Å²) in [6.07, 6.45) is 6.75. The molecule has 0 aromatic heterocycles. The van der Waals surface area contributed by atoms with Gasteiger partial charge >= 0.3 is 0 Å². The molecular formula is C22H24O4. The van der Waals surface area contributed by atoms with Crippen LogP contribution in [-0.2, 0) is 10.8 Å². The molecule has 4 aliphatic rings. The molecule has 0 heterocycles. The third kappa shape index (κ3) is 2.14. The first-order valence-electron chi connectivity index (χ1n) is 9.44. The average molecular weight is 352 g/mol. The number of hydrogen-bond donors (Lipinski definition) is 4. The predicted octanol–water partition coefficient (Wildman–Crippen LogP) is 4.30. The molecule has 136 valence electrons. The van der Waals surface area contributed by atoms with Gasteiger partial charge in [0.25, 0.3) is 0 Å². The van der Waals surface area contributed by atoms with Crippen molar-refractivity contribution in [1.29, 1.82) is 0 Å². The average Bonchev–Trinajstić information content (AvgIpc) is 2.58. The van der Waals surface area contributed by atoms with Crippen molar-refractivity contribution < 1.29 is 20.4 Å². The quantitative estimate of drug-likeness (QED) is 0.608. The Morgan fingerprint density at radius 1 is 0.615 bits per heavy atom. The van der Waals surface area contributed by atoms with Gasteiger partial charge in [-0.3, -0.25) is 0 Å². The molecule has 4 heteroatoms. The fraction of sp³-hybridized carbons (Fsp3) is 0.455. The van der Waals surface area contributed by atoms with Gasteiger partial charge in [-0.1, -0.05) is 12.1 Å². The van der Waals surface area contributed by atoms with Crippen LogP contribution in [0.25, 0.3) is 0 Å². The van der Waals surface area contributed by atoms with Gasteiger partial charge in [0.1, 0.15) is 0 Å². The zero-order valence-corrected chi connectivity index (χ0v) is 14.7. The molecule has 0 saturated heterocycles. The van der Waals surface area contributed by atoms with E-state index in [1.807, 2.05) is 12.1 Å². The standard InChI is InChI=1S/C22H24O4/c23-17-3-1-15(6-19(17)25)21-8-13-5-14(9-21)11-22(10-13,12-21)16-2-4-18(24)20(26)7-16/h1-4,6-7,13-14,23-26H,5,8-12H2. The maximum Gasteiger partial charge on any atom is 0.157 e. The van der Waals surface area contributed by atoms with Crippen molar-refractivity contribution in [2.24, 2.45) is 11.8 Å². The van der Waals surface area contributed by atoms with Crippen molar-refractivity contribution in [3.63, 3.8) is 0 Å². The van der Waals surface area contributed by atoms with Gasteiger partial charge in [-0.15, -0.1) is 0 Å². The second kappa shape index (κ2) is 5.09. The van der Waals surface area contributed by atoms with Crippen LogP contribution in [0.4, 0.5) is 0 Å². The number of benzene rings is 2. The van der Waals surface area contributed by atoms with Crippen LogP contribution in [0.15, 0.2) is 36.4 Å². The lowest BCUT2D eigenvalue weighted by Gasteiger charge is -2.62. The van der Waals surface area contributed by atoms with Crippen molar-refractivity contribution >= 4 is 0 Å². The van der Waals surface area contributed by atoms with E-state index in [1.54, 1.807) is 24.3 Å². The van der Waals surface area contributed by atoms with Crippen LogP contribution in [0.3, 0.4) is 0 Å². The summed E-state index contributed by atoms with van der Waals surface area (Å²) in [5.41, 5.74) is 2.27. The monoisotopic (exact) mass is 352 g/mol. The molecular weight excluding hydrogens is 328 g/mol. The molecule has 26 heavy (non-hydrogen) atoms. The molecule has 0 atom stereocenters. The van der Waals surface area contributed by atoms with Crippen LogP contribution in [0.5, 0.6) is 23.0 Å². The normalized spacial score (nSPS) is 34.9. The summed E-state index contributed by atoms with van der Waals surface area (Å²) in [5.74, 6) is 1.05. The number of phenols is 4. The molecule has 0 radical (unpaired) electrons. The Morgan fingerprint density at radius 3 is 1.42 bits per heavy atom. The van der Waals surface area contributed by atoms with Crippen LogP contribution < -0.4 is 0 Å². The zero-order chi connectivity index (χ0) is 18.1. The molecule has 4 N–H and O–H groups in total. The highest BCUT2D eigenvalue weighted by molar-refractivity contribution is 5.48. The molecule has 4 saturated carbocycles. The van der Waals surface area contributed by atoms with Gasteiger partial charge in [-0.25, -0.2) is 0 Å². The third-order valence-electron chi connectivity index (χ3n) is 7.24. The fourth-order valence-electron chi connectivity index (χ4n) is 6.64. The summed E-state index contributed by atoms with van der Waals surface area (Å²) in [7, 11) is 0. The minimum atomic E-state index is -0.0725. The summed E-state index contributed by atoms with van der Waals surface area (Å²) in [6, 6.07) is 10.6. The fourth-order valence-corrected chi connectivity index (χ4v) is 6.64. The molecule has 4 nitrogen and oxygen atoms in total. The molecule has 0 aliphatic heterocycles. The van der Waals surface area contributed by atoms with Crippen LogP contribution in [0.1, 0.15) is 49.7 Å². The molecule has 2 aromatic carbocycles. The second-order valence-corrected chi connectivity index (χ2v) is 8.93. The highest BCUT2D eigenvalue weighted by Gasteiger charge is 2.58. The topological polar surface area (TPSA) is 80.9 Å². The van der Waals surface area contributed by atoms with Crippen LogP contribution >= 0.6 is 0 Å². The Bertz CT molecular complexity index is 804. The van der Waals surface area contributed by atoms with Gasteiger partial charge in [0.05, 0.1) is 0 Å². The lowest BCUT2D eigenvalue weighted by Crippen LogP contribution is -2.55. The summed E-state index contributed by atoms with van der Waals surface area (Å²) in [4.78, 5) is 0. The van der Waals surface area contributed by atoms with E-state index in [0.29, 0.717) is 11.8 Å². The molecule has 2 aromatic rings. The van der Waals surface area contributed by atoms with E-state index < -0.39 is 0 Å². The van der Waals surface area contributed by atoms with Gasteiger partial charge in [0.2, 0.25) is 0 Å². The Kier molecular flexibility index (Phi) is 3.10. The smallest absolute Gasteiger partial charge is 0.157 e. The number of phenolic OH excluding ortho intramolecular Hbond substituents is 4. The maximum atomic E-state index is 10.0. The van der Waals surface area contributed by atoms with E-state index in [4.69, 9.17) is 0 Å². The predicted molar refractivity (Wildman–Crippen MR) is 97.6 cm³/mol. The van der Waals surface area contributed by atoms with Crippen molar-refractivity contribution in [3.05, 3.63) is 47.5 Å². The summed E-state index contributed by atoms with van der Waals surface area (Å²) < 4.78 is 0. The Hall–Kier alpha value is -2.36. The number of hydrogen-bond acceptors (Lipinski definition) is 4. The van der Waals surface area contributed by atoms with Crippen LogP contribution in [0, 0.1) is 11.8 Å². The van der Waals surface area contributed by atoms with Gasteiger partial charge in [0.15, 0.2) is 23.0 Å². The van der Waals surface area contributed by atoms with E-state index in [-0.39, 0.29) is 33.8 Å². The molecule has 4 fully saturated rings. The van der Waals surface area contributed by atoms with Crippen molar-refractivity contribution in [3.8, 4) is 23.0 Å². The first kappa shape index (κ1) is 15.9. The van der Waals surface area contributed by atoms with E-state index in [9.17, 15) is 20.4 Å². The minimum Gasteiger partial charge on any atom is -0.504 e. The number of aromatic hydroxyl groups is 4. The lowest BCUT2D eigenvalue weighted by molar-refractivity contribution is -0.0283. The van der Waals surface area contributed by atoms with Crippen LogP contribution in [0.2, 0.25) is 0 Å². The first-order chi connectivity index (χ1) is 12.4. The summed E-state index contributed by atoms with van der Waals surface area (Å²) in [6.45, 7) is 0. The van der Waals surface area contributed by atoms with Gasteiger partial charge in [-0.2, -0.15) is 0 Å². The number of rotatable bonds is 2. The Morgan fingerprint density at radius 2 is 1.04 bits per heavy atom. The molecule has 0 spiro atoms. The van der Waals surface area contributed by atoms with E-state index in [2.05, 4.69) is 0 Å². The van der Waals surface area contributed by atoms with Gasteiger partial charge in [-0.05, 0) is 96.6 Å². The highest BCUT2D eigenvalue weighted by Crippen LogP contribution is 2.66. The second-order valence-electron chi connectivity index (χ2n) is 8.93. The SMILES string of the molecule is Oc1ccc(C23CC4CC(C2)CC(c2ccc(O)c(O)c2)(C4)C3)cc1O. The molecule has 6 rings (SSSR count). The van der Waals surface area contributed by atoms with E-state index in [0.717, 1.165) is 43.2 Å². The Labute approximate surface area is 152 Å². The molecule has 0 amide bonds. The van der Waals surface area contributed by atoms with Crippen molar-refractivity contribution in [2.75, 3.05) is 0 Å². The highest BCUT2D eigenvalue weighted by atomic mass is 16.3. The van der Waals surface area contributed by atoms with Crippen molar-refractivity contribution in [1.82, 2.24) is 0 Å². The van der Waals surface area contributed by atoms with Crippen LogP contribution in [-0.4, -0.2) is 20.4 Å². The molecule has 4 aliphatic carbocycles. The third-order valence-corrected chi connectivity index (χ3v) is 7.24. The van der Waals surface area contributed by atoms with Crippen molar-refractivity contribution in [2.45, 2.75) is 49.4 Å². The summed E-state index contributed by atoms with van der Waals surface area (Å²) in [5, 5.41) is 39.5.